The van der Waals surface area contributed by atoms with Crippen LogP contribution in [0.2, 0.25) is 0 Å². The number of benzene rings is 2. The summed E-state index contributed by atoms with van der Waals surface area (Å²) in [4.78, 5) is 16.0. The first-order valence-electron chi connectivity index (χ1n) is 10.5. The maximum absolute atomic E-state index is 14.6. The first-order chi connectivity index (χ1) is 16.2. The number of ether oxygens (including phenoxy) is 2. The third kappa shape index (κ3) is 6.50. The number of pyridine rings is 1. The van der Waals surface area contributed by atoms with E-state index in [0.29, 0.717) is 23.8 Å². The molecular formula is C24H22F2N2O5S. The number of halogens is 2. The number of sulfonamides is 1. The van der Waals surface area contributed by atoms with Gasteiger partial charge in [-0.05, 0) is 48.6 Å². The SMILES string of the molecule is CS(=O)(=O)NC(=O)c1ccc(COc2cc(F)cc(-c3ncc(OCC4CC4)cc3F)c2)cc1. The molecule has 0 atom stereocenters. The van der Waals surface area contributed by atoms with E-state index >= 15 is 0 Å². The lowest BCUT2D eigenvalue weighted by molar-refractivity contribution is 0.0981. The Hall–Kier alpha value is -3.53. The van der Waals surface area contributed by atoms with Gasteiger partial charge in [0.05, 0.1) is 19.1 Å². The maximum atomic E-state index is 14.6. The molecule has 3 aromatic rings. The molecule has 0 saturated heterocycles. The van der Waals surface area contributed by atoms with Crippen molar-refractivity contribution in [2.45, 2.75) is 19.4 Å². The first-order valence-corrected chi connectivity index (χ1v) is 12.4. The predicted octanol–water partition coefficient (Wildman–Crippen LogP) is 4.08. The molecule has 0 radical (unpaired) electrons. The molecule has 1 aliphatic rings. The van der Waals surface area contributed by atoms with Crippen molar-refractivity contribution in [1.29, 1.82) is 0 Å². The van der Waals surface area contributed by atoms with Crippen molar-refractivity contribution < 1.29 is 31.5 Å². The summed E-state index contributed by atoms with van der Waals surface area (Å²) >= 11 is 0. The molecule has 4 rings (SSSR count). The van der Waals surface area contributed by atoms with Gasteiger partial charge < -0.3 is 9.47 Å². The third-order valence-corrected chi connectivity index (χ3v) is 5.60. The number of carbonyl (C=O) groups excluding carboxylic acids is 1. The average molecular weight is 489 g/mol. The van der Waals surface area contributed by atoms with Crippen LogP contribution in [0.3, 0.4) is 0 Å². The molecule has 0 spiro atoms. The highest BCUT2D eigenvalue weighted by Gasteiger charge is 2.22. The Morgan fingerprint density at radius 1 is 1.06 bits per heavy atom. The second-order valence-corrected chi connectivity index (χ2v) is 9.87. The van der Waals surface area contributed by atoms with E-state index in [1.807, 2.05) is 4.72 Å². The monoisotopic (exact) mass is 488 g/mol. The smallest absolute Gasteiger partial charge is 0.264 e. The standard InChI is InChI=1S/C24H22F2N2O5S/c1-34(30,31)28-24(29)17-6-4-16(5-7-17)13-32-20-9-18(8-19(25)10-20)23-22(26)11-21(12-27-23)33-14-15-2-3-15/h4-12,15H,2-3,13-14H2,1H3,(H,28,29). The largest absolute Gasteiger partial charge is 0.492 e. The molecule has 2 aromatic carbocycles. The van der Waals surface area contributed by atoms with Crippen molar-refractivity contribution >= 4 is 15.9 Å². The summed E-state index contributed by atoms with van der Waals surface area (Å²) in [7, 11) is -3.67. The van der Waals surface area contributed by atoms with E-state index in [1.165, 1.54) is 36.5 Å². The number of nitrogens with one attached hydrogen (secondary N) is 1. The van der Waals surface area contributed by atoms with E-state index in [0.717, 1.165) is 25.2 Å². The van der Waals surface area contributed by atoms with Crippen molar-refractivity contribution in [3.8, 4) is 22.8 Å². The zero-order valence-electron chi connectivity index (χ0n) is 18.3. The Bertz CT molecular complexity index is 1310. The van der Waals surface area contributed by atoms with Gasteiger partial charge in [-0.3, -0.25) is 4.79 Å². The van der Waals surface area contributed by atoms with Crippen LogP contribution in [0.15, 0.2) is 54.7 Å². The van der Waals surface area contributed by atoms with Gasteiger partial charge in [0.15, 0.2) is 5.82 Å². The van der Waals surface area contributed by atoms with Crippen LogP contribution in [0.4, 0.5) is 8.78 Å². The molecule has 1 fully saturated rings. The van der Waals surface area contributed by atoms with Gasteiger partial charge in [-0.2, -0.15) is 0 Å². The van der Waals surface area contributed by atoms with Gasteiger partial charge in [0.1, 0.15) is 29.6 Å². The Balaban J connectivity index is 1.43. The van der Waals surface area contributed by atoms with Crippen LogP contribution in [0, 0.1) is 17.6 Å². The lowest BCUT2D eigenvalue weighted by Gasteiger charge is -2.11. The number of aromatic nitrogens is 1. The highest BCUT2D eigenvalue weighted by atomic mass is 32.2. The normalized spacial score (nSPS) is 13.4. The van der Waals surface area contributed by atoms with Gasteiger partial charge in [-0.15, -0.1) is 0 Å². The van der Waals surface area contributed by atoms with Crippen molar-refractivity contribution in [2.24, 2.45) is 5.92 Å². The van der Waals surface area contributed by atoms with E-state index < -0.39 is 27.6 Å². The van der Waals surface area contributed by atoms with Crippen LogP contribution < -0.4 is 14.2 Å². The molecule has 1 aromatic heterocycles. The maximum Gasteiger partial charge on any atom is 0.264 e. The van der Waals surface area contributed by atoms with Gasteiger partial charge in [0, 0.05) is 23.3 Å². The van der Waals surface area contributed by atoms with Crippen molar-refractivity contribution in [1.82, 2.24) is 9.71 Å². The molecule has 10 heteroatoms. The zero-order chi connectivity index (χ0) is 24.3. The van der Waals surface area contributed by atoms with Crippen LogP contribution in [-0.4, -0.2) is 32.2 Å². The highest BCUT2D eigenvalue weighted by molar-refractivity contribution is 7.89. The van der Waals surface area contributed by atoms with Crippen LogP contribution in [0.25, 0.3) is 11.3 Å². The Labute approximate surface area is 195 Å². The average Bonchev–Trinajstić information content (AvgIpc) is 3.60. The lowest BCUT2D eigenvalue weighted by atomic mass is 10.1. The number of nitrogens with zero attached hydrogens (tertiary/aromatic N) is 1. The summed E-state index contributed by atoms with van der Waals surface area (Å²) in [6.45, 7) is 0.572. The molecule has 7 nitrogen and oxygen atoms in total. The second kappa shape index (κ2) is 9.76. The fraction of sp³-hybridized carbons (Fsp3) is 0.250. The molecule has 1 amide bonds. The van der Waals surface area contributed by atoms with Gasteiger partial charge in [-0.1, -0.05) is 12.1 Å². The van der Waals surface area contributed by atoms with Crippen molar-refractivity contribution in [3.63, 3.8) is 0 Å². The molecule has 1 N–H and O–H groups in total. The molecule has 1 heterocycles. The quantitative estimate of drug-likeness (QED) is 0.488. The summed E-state index contributed by atoms with van der Waals surface area (Å²) in [5, 5.41) is 0. The van der Waals surface area contributed by atoms with Gasteiger partial charge in [0.25, 0.3) is 5.91 Å². The van der Waals surface area contributed by atoms with Crippen molar-refractivity contribution in [2.75, 3.05) is 12.9 Å². The molecular weight excluding hydrogens is 466 g/mol. The summed E-state index contributed by atoms with van der Waals surface area (Å²) < 4.78 is 64.2. The van der Waals surface area contributed by atoms with Crippen LogP contribution in [0.5, 0.6) is 11.5 Å². The van der Waals surface area contributed by atoms with E-state index in [2.05, 4.69) is 4.98 Å². The van der Waals surface area contributed by atoms with Crippen LogP contribution >= 0.6 is 0 Å². The topological polar surface area (TPSA) is 94.6 Å². The fourth-order valence-corrected chi connectivity index (χ4v) is 3.59. The van der Waals surface area contributed by atoms with E-state index in [-0.39, 0.29) is 29.2 Å². The number of hydrogen-bond donors (Lipinski definition) is 1. The molecule has 34 heavy (non-hydrogen) atoms. The summed E-state index contributed by atoms with van der Waals surface area (Å²) in [6.07, 6.45) is 4.53. The molecule has 0 unspecified atom stereocenters. The third-order valence-electron chi connectivity index (χ3n) is 5.04. The molecule has 1 saturated carbocycles. The van der Waals surface area contributed by atoms with E-state index in [4.69, 9.17) is 9.47 Å². The number of carbonyl (C=O) groups is 1. The lowest BCUT2D eigenvalue weighted by Crippen LogP contribution is -2.29. The van der Waals surface area contributed by atoms with Gasteiger partial charge in [-0.25, -0.2) is 26.9 Å². The Morgan fingerprint density at radius 2 is 1.79 bits per heavy atom. The number of rotatable bonds is 9. The minimum Gasteiger partial charge on any atom is -0.492 e. The van der Waals surface area contributed by atoms with Crippen LogP contribution in [-0.2, 0) is 16.6 Å². The predicted molar refractivity (Wildman–Crippen MR) is 121 cm³/mol. The zero-order valence-corrected chi connectivity index (χ0v) is 19.1. The minimum atomic E-state index is -3.67. The van der Waals surface area contributed by atoms with Crippen LogP contribution in [0.1, 0.15) is 28.8 Å². The highest BCUT2D eigenvalue weighted by Crippen LogP contribution is 2.31. The Kier molecular flexibility index (Phi) is 6.78. The minimum absolute atomic E-state index is 0.0237. The summed E-state index contributed by atoms with van der Waals surface area (Å²) in [5.41, 5.74) is 1.01. The summed E-state index contributed by atoms with van der Waals surface area (Å²) in [6, 6.07) is 11.1. The number of amides is 1. The van der Waals surface area contributed by atoms with E-state index in [1.54, 1.807) is 12.1 Å². The molecule has 0 bridgehead atoms. The first kappa shape index (κ1) is 23.6. The molecule has 1 aliphatic carbocycles. The summed E-state index contributed by atoms with van der Waals surface area (Å²) in [5.74, 6) is -0.975. The van der Waals surface area contributed by atoms with Gasteiger partial charge in [0.2, 0.25) is 10.0 Å². The fourth-order valence-electron chi connectivity index (χ4n) is 3.14. The Morgan fingerprint density at radius 3 is 2.44 bits per heavy atom. The van der Waals surface area contributed by atoms with E-state index in [9.17, 15) is 22.0 Å². The molecule has 0 aliphatic heterocycles. The second-order valence-electron chi connectivity index (χ2n) is 8.12. The molecule has 178 valence electrons. The van der Waals surface area contributed by atoms with Crippen molar-refractivity contribution in [3.05, 3.63) is 77.5 Å². The van der Waals surface area contributed by atoms with Gasteiger partial charge >= 0.3 is 0 Å². The number of hydrogen-bond acceptors (Lipinski definition) is 6.